The molecule has 0 bridgehead atoms. The van der Waals surface area contributed by atoms with Gasteiger partial charge in [0.15, 0.2) is 6.26 Å². The van der Waals surface area contributed by atoms with Gasteiger partial charge in [0, 0.05) is 10.8 Å². The van der Waals surface area contributed by atoms with Gasteiger partial charge in [0.2, 0.25) is 0 Å². The summed E-state index contributed by atoms with van der Waals surface area (Å²) >= 11 is 0. The van der Waals surface area contributed by atoms with Crippen molar-refractivity contribution in [2.75, 3.05) is 0 Å². The lowest BCUT2D eigenvalue weighted by atomic mass is 10.1. The summed E-state index contributed by atoms with van der Waals surface area (Å²) < 4.78 is 54.0. The maximum atomic E-state index is 12.9. The van der Waals surface area contributed by atoms with Crippen LogP contribution < -0.4 is 0 Å². The van der Waals surface area contributed by atoms with Gasteiger partial charge in [-0.05, 0) is 12.1 Å². The summed E-state index contributed by atoms with van der Waals surface area (Å²) in [4.78, 5) is 0. The third kappa shape index (κ3) is 1.34. The number of furan rings is 1. The second kappa shape index (κ2) is 2.73. The van der Waals surface area contributed by atoms with Crippen LogP contribution in [0, 0.1) is 12.1 Å². The van der Waals surface area contributed by atoms with E-state index in [1.807, 2.05) is 0 Å². The minimum Gasteiger partial charge on any atom is -0.460 e. The van der Waals surface area contributed by atoms with Crippen LogP contribution >= 0.6 is 0 Å². The summed E-state index contributed by atoms with van der Waals surface area (Å²) in [5.41, 5.74) is -1.29. The Hall–Kier alpha value is -1.52. The minimum atomic E-state index is -4.68. The lowest BCUT2D eigenvalue weighted by Gasteiger charge is -2.06. The molecule has 2 aromatic rings. The molecule has 0 saturated carbocycles. The summed E-state index contributed by atoms with van der Waals surface area (Å²) in [5, 5.41) is 0.370. The molecule has 0 N–H and O–H groups in total. The van der Waals surface area contributed by atoms with Gasteiger partial charge in [0.1, 0.15) is 5.82 Å². The van der Waals surface area contributed by atoms with Crippen LogP contribution in [0.4, 0.5) is 17.6 Å². The predicted octanol–water partition coefficient (Wildman–Crippen LogP) is 3.39. The van der Waals surface area contributed by atoms with Crippen molar-refractivity contribution in [1.29, 1.82) is 0 Å². The monoisotopic (exact) mass is 203 g/mol. The van der Waals surface area contributed by atoms with E-state index in [-0.39, 0.29) is 10.8 Å². The normalized spacial score (nSPS) is 12.3. The number of rotatable bonds is 0. The average molecular weight is 203 g/mol. The fraction of sp³-hybridized carbons (Fsp3) is 0.111. The van der Waals surface area contributed by atoms with Gasteiger partial charge in [-0.25, -0.2) is 4.39 Å². The van der Waals surface area contributed by atoms with Crippen LogP contribution in [0.5, 0.6) is 0 Å². The van der Waals surface area contributed by atoms with Gasteiger partial charge in [-0.1, -0.05) is 0 Å². The molecule has 1 heterocycles. The van der Waals surface area contributed by atoms with E-state index < -0.39 is 17.6 Å². The zero-order valence-corrected chi connectivity index (χ0v) is 6.65. The van der Waals surface area contributed by atoms with Crippen molar-refractivity contribution in [3.05, 3.63) is 36.0 Å². The molecule has 0 aliphatic carbocycles. The van der Waals surface area contributed by atoms with Crippen molar-refractivity contribution < 1.29 is 22.0 Å². The van der Waals surface area contributed by atoms with Crippen LogP contribution in [-0.2, 0) is 6.18 Å². The van der Waals surface area contributed by atoms with Crippen molar-refractivity contribution in [2.24, 2.45) is 0 Å². The molecule has 73 valence electrons. The molecule has 0 amide bonds. The Morgan fingerprint density at radius 3 is 2.57 bits per heavy atom. The van der Waals surface area contributed by atoms with Crippen LogP contribution in [-0.4, -0.2) is 0 Å². The minimum absolute atomic E-state index is 0.179. The summed E-state index contributed by atoms with van der Waals surface area (Å²) in [5.74, 6) is -1.32. The fourth-order valence-electron chi connectivity index (χ4n) is 1.15. The van der Waals surface area contributed by atoms with E-state index in [1.165, 1.54) is 0 Å². The molecule has 2 rings (SSSR count). The molecule has 0 saturated heterocycles. The number of fused-ring (bicyclic) bond motifs is 1. The second-order valence-electron chi connectivity index (χ2n) is 2.75. The van der Waals surface area contributed by atoms with Crippen molar-refractivity contribution in [2.45, 2.75) is 6.18 Å². The zero-order chi connectivity index (χ0) is 10.3. The van der Waals surface area contributed by atoms with Crippen molar-refractivity contribution in [3.8, 4) is 0 Å². The molecular weight excluding hydrogens is 200 g/mol. The van der Waals surface area contributed by atoms with Gasteiger partial charge in [0.05, 0.1) is 11.8 Å². The molecule has 0 spiro atoms. The molecular formula is C9H3F4O. The van der Waals surface area contributed by atoms with E-state index >= 15 is 0 Å². The van der Waals surface area contributed by atoms with Crippen molar-refractivity contribution in [1.82, 2.24) is 0 Å². The first-order valence-electron chi connectivity index (χ1n) is 3.64. The smallest absolute Gasteiger partial charge is 0.419 e. The van der Waals surface area contributed by atoms with Gasteiger partial charge in [-0.2, -0.15) is 13.2 Å². The highest BCUT2D eigenvalue weighted by Crippen LogP contribution is 2.33. The molecule has 5 heteroatoms. The molecule has 0 fully saturated rings. The van der Waals surface area contributed by atoms with Crippen LogP contribution in [0.25, 0.3) is 10.8 Å². The Bertz CT molecular complexity index is 469. The van der Waals surface area contributed by atoms with Crippen molar-refractivity contribution >= 4 is 10.8 Å². The zero-order valence-electron chi connectivity index (χ0n) is 6.65. The van der Waals surface area contributed by atoms with Crippen molar-refractivity contribution in [3.63, 3.8) is 0 Å². The first-order valence-corrected chi connectivity index (χ1v) is 3.64. The molecule has 0 aliphatic heterocycles. The summed E-state index contributed by atoms with van der Waals surface area (Å²) in [6.07, 6.45) is -1.34. The number of halogens is 4. The van der Waals surface area contributed by atoms with E-state index in [4.69, 9.17) is 0 Å². The molecule has 0 unspecified atom stereocenters. The van der Waals surface area contributed by atoms with Gasteiger partial charge in [-0.3, -0.25) is 0 Å². The molecule has 14 heavy (non-hydrogen) atoms. The first-order chi connectivity index (χ1) is 6.48. The van der Waals surface area contributed by atoms with E-state index in [2.05, 4.69) is 10.7 Å². The average Bonchev–Trinajstić information content (AvgIpc) is 2.47. The molecule has 1 radical (unpaired) electrons. The SMILES string of the molecule is Fc1cc2[c]occ2cc1C(F)(F)F. The van der Waals surface area contributed by atoms with Gasteiger partial charge >= 0.3 is 6.18 Å². The highest BCUT2D eigenvalue weighted by molar-refractivity contribution is 5.81. The largest absolute Gasteiger partial charge is 0.460 e. The van der Waals surface area contributed by atoms with E-state index in [1.54, 1.807) is 0 Å². The topological polar surface area (TPSA) is 13.1 Å². The van der Waals surface area contributed by atoms with E-state index in [9.17, 15) is 17.6 Å². The first kappa shape index (κ1) is 9.05. The summed E-state index contributed by atoms with van der Waals surface area (Å²) in [7, 11) is 0. The standard InChI is InChI=1S/C9H3F4O/c10-8-2-6-4-14-3-5(6)1-7(8)9(11,12)13/h1-3H. The third-order valence-electron chi connectivity index (χ3n) is 1.80. The maximum Gasteiger partial charge on any atom is 0.419 e. The lowest BCUT2D eigenvalue weighted by molar-refractivity contribution is -0.139. The van der Waals surface area contributed by atoms with Crippen LogP contribution in [0.3, 0.4) is 0 Å². The van der Waals surface area contributed by atoms with Gasteiger partial charge < -0.3 is 4.42 Å². The third-order valence-corrected chi connectivity index (χ3v) is 1.80. The summed E-state index contributed by atoms with van der Waals surface area (Å²) in [6, 6.07) is 1.45. The number of alkyl halides is 3. The van der Waals surface area contributed by atoms with Crippen LogP contribution in [0.1, 0.15) is 5.56 Å². The van der Waals surface area contributed by atoms with E-state index in [0.29, 0.717) is 6.07 Å². The highest BCUT2D eigenvalue weighted by Gasteiger charge is 2.34. The Morgan fingerprint density at radius 1 is 1.21 bits per heavy atom. The second-order valence-corrected chi connectivity index (χ2v) is 2.75. The Morgan fingerprint density at radius 2 is 1.93 bits per heavy atom. The molecule has 0 aliphatic rings. The molecule has 0 atom stereocenters. The quantitative estimate of drug-likeness (QED) is 0.598. The van der Waals surface area contributed by atoms with E-state index in [0.717, 1.165) is 12.3 Å². The Labute approximate surface area is 75.9 Å². The number of hydrogen-bond acceptors (Lipinski definition) is 1. The van der Waals surface area contributed by atoms with Crippen LogP contribution in [0.2, 0.25) is 0 Å². The Balaban J connectivity index is 2.71. The number of hydrogen-bond donors (Lipinski definition) is 0. The predicted molar refractivity (Wildman–Crippen MR) is 40.0 cm³/mol. The van der Waals surface area contributed by atoms with Gasteiger partial charge in [-0.15, -0.1) is 0 Å². The van der Waals surface area contributed by atoms with Crippen LogP contribution in [0.15, 0.2) is 22.8 Å². The summed E-state index contributed by atoms with van der Waals surface area (Å²) in [6.45, 7) is 0. The molecule has 1 nitrogen and oxygen atoms in total. The molecule has 1 aromatic carbocycles. The highest BCUT2D eigenvalue weighted by atomic mass is 19.4. The lowest BCUT2D eigenvalue weighted by Crippen LogP contribution is -2.07. The number of benzene rings is 1. The maximum absolute atomic E-state index is 12.9. The van der Waals surface area contributed by atoms with Gasteiger partial charge in [0.25, 0.3) is 0 Å². The molecule has 1 aromatic heterocycles. The fourth-order valence-corrected chi connectivity index (χ4v) is 1.15. The Kier molecular flexibility index (Phi) is 1.77.